The van der Waals surface area contributed by atoms with Crippen LogP contribution >= 0.6 is 0 Å². The van der Waals surface area contributed by atoms with Gasteiger partial charge in [-0.05, 0) is 30.5 Å². The first-order valence-corrected chi connectivity index (χ1v) is 7.25. The molecule has 1 aliphatic heterocycles. The fraction of sp³-hybridized carbons (Fsp3) is 0.278. The monoisotopic (exact) mass is 278 g/mol. The Morgan fingerprint density at radius 2 is 1.81 bits per heavy atom. The molecule has 0 aromatic heterocycles. The molecule has 0 radical (unpaired) electrons. The maximum Gasteiger partial charge on any atom is 0.101 e. The summed E-state index contributed by atoms with van der Waals surface area (Å²) in [5.74, 6) is 0. The van der Waals surface area contributed by atoms with Gasteiger partial charge in [-0.15, -0.1) is 0 Å². The zero-order valence-electron chi connectivity index (χ0n) is 11.9. The number of aliphatic hydroxyl groups is 1. The zero-order chi connectivity index (χ0) is 14.7. The van der Waals surface area contributed by atoms with Gasteiger partial charge in [-0.3, -0.25) is 0 Å². The Balaban J connectivity index is 2.12. The Morgan fingerprint density at radius 1 is 1.10 bits per heavy atom. The third-order valence-electron chi connectivity index (χ3n) is 4.38. The fourth-order valence-corrected chi connectivity index (χ4v) is 3.34. The van der Waals surface area contributed by atoms with E-state index >= 15 is 0 Å². The molecule has 1 aliphatic rings. The van der Waals surface area contributed by atoms with Crippen LogP contribution in [0.4, 0.5) is 5.69 Å². The van der Waals surface area contributed by atoms with E-state index in [0.717, 1.165) is 30.6 Å². The first kappa shape index (κ1) is 13.7. The largest absolute Gasteiger partial charge is 0.394 e. The van der Waals surface area contributed by atoms with Crippen LogP contribution in [0.5, 0.6) is 0 Å². The zero-order valence-corrected chi connectivity index (χ0v) is 11.9. The summed E-state index contributed by atoms with van der Waals surface area (Å²) in [6.07, 6.45) is 1.91. The number of nitrogens with zero attached hydrogens (tertiary/aromatic N) is 2. The van der Waals surface area contributed by atoms with Crippen molar-refractivity contribution in [2.45, 2.75) is 18.4 Å². The van der Waals surface area contributed by atoms with Gasteiger partial charge in [0.25, 0.3) is 0 Å². The first-order valence-electron chi connectivity index (χ1n) is 7.25. The lowest BCUT2D eigenvalue weighted by Gasteiger charge is -2.39. The molecule has 106 valence electrons. The molecule has 1 N–H and O–H groups in total. The van der Waals surface area contributed by atoms with Gasteiger partial charge in [0.1, 0.15) is 6.07 Å². The predicted octanol–water partition coefficient (Wildman–Crippen LogP) is 3.05. The van der Waals surface area contributed by atoms with Gasteiger partial charge in [0.15, 0.2) is 0 Å². The third-order valence-corrected chi connectivity index (χ3v) is 4.38. The maximum absolute atomic E-state index is 10.1. The minimum atomic E-state index is -0.422. The second kappa shape index (κ2) is 5.59. The number of benzene rings is 2. The van der Waals surface area contributed by atoms with Crippen LogP contribution in [0.25, 0.3) is 0 Å². The minimum absolute atomic E-state index is 0.0524. The normalized spacial score (nSPS) is 21.2. The van der Waals surface area contributed by atoms with Crippen molar-refractivity contribution in [1.82, 2.24) is 0 Å². The van der Waals surface area contributed by atoms with Crippen molar-refractivity contribution in [3.05, 3.63) is 65.7 Å². The second-order valence-corrected chi connectivity index (χ2v) is 5.44. The van der Waals surface area contributed by atoms with Crippen LogP contribution in [0.15, 0.2) is 54.6 Å². The molecule has 3 heteroatoms. The van der Waals surface area contributed by atoms with Crippen molar-refractivity contribution >= 4 is 5.69 Å². The predicted molar refractivity (Wildman–Crippen MR) is 82.9 cm³/mol. The lowest BCUT2D eigenvalue weighted by Crippen LogP contribution is -2.44. The highest BCUT2D eigenvalue weighted by molar-refractivity contribution is 5.62. The van der Waals surface area contributed by atoms with Gasteiger partial charge in [-0.2, -0.15) is 5.26 Å². The topological polar surface area (TPSA) is 47.3 Å². The highest BCUT2D eigenvalue weighted by atomic mass is 16.3. The number of hydrogen-bond acceptors (Lipinski definition) is 3. The van der Waals surface area contributed by atoms with Crippen LogP contribution in [-0.4, -0.2) is 18.3 Å². The van der Waals surface area contributed by atoms with Crippen LogP contribution < -0.4 is 4.90 Å². The molecule has 3 nitrogen and oxygen atoms in total. The molecule has 2 aromatic rings. The van der Waals surface area contributed by atoms with Crippen LogP contribution in [0.1, 0.15) is 24.0 Å². The van der Waals surface area contributed by atoms with E-state index in [1.165, 1.54) is 0 Å². The summed E-state index contributed by atoms with van der Waals surface area (Å²) in [7, 11) is 0. The first-order chi connectivity index (χ1) is 10.3. The quantitative estimate of drug-likeness (QED) is 0.938. The molecule has 0 bridgehead atoms. The van der Waals surface area contributed by atoms with E-state index in [1.807, 2.05) is 42.5 Å². The van der Waals surface area contributed by atoms with Gasteiger partial charge in [0, 0.05) is 6.54 Å². The van der Waals surface area contributed by atoms with E-state index in [2.05, 4.69) is 23.1 Å². The molecule has 0 unspecified atom stereocenters. The number of aliphatic hydroxyl groups excluding tert-OH is 1. The lowest BCUT2D eigenvalue weighted by molar-refractivity contribution is 0.198. The van der Waals surface area contributed by atoms with Crippen LogP contribution in [0, 0.1) is 11.3 Å². The lowest BCUT2D eigenvalue weighted by atomic mass is 9.87. The molecule has 1 heterocycles. The fourth-order valence-electron chi connectivity index (χ4n) is 3.34. The molecular weight excluding hydrogens is 260 g/mol. The minimum Gasteiger partial charge on any atom is -0.394 e. The summed E-state index contributed by atoms with van der Waals surface area (Å²) >= 11 is 0. The summed E-state index contributed by atoms with van der Waals surface area (Å²) in [5.41, 5.74) is 2.26. The average Bonchev–Trinajstić information content (AvgIpc) is 3.00. The van der Waals surface area contributed by atoms with Gasteiger partial charge in [-0.25, -0.2) is 0 Å². The Labute approximate surface area is 125 Å². The molecule has 1 atom stereocenters. The molecule has 1 saturated heterocycles. The number of anilines is 1. The highest BCUT2D eigenvalue weighted by Gasteiger charge is 2.42. The van der Waals surface area contributed by atoms with Gasteiger partial charge >= 0.3 is 0 Å². The van der Waals surface area contributed by atoms with Crippen molar-refractivity contribution in [3.8, 4) is 6.07 Å². The maximum atomic E-state index is 10.1. The number of rotatable bonds is 3. The SMILES string of the molecule is N#Cc1ccccc1N1CCC[C@]1(CO)c1ccccc1. The molecule has 0 spiro atoms. The van der Waals surface area contributed by atoms with Crippen LogP contribution in [0.2, 0.25) is 0 Å². The van der Waals surface area contributed by atoms with Crippen molar-refractivity contribution < 1.29 is 5.11 Å². The van der Waals surface area contributed by atoms with Crippen molar-refractivity contribution in [2.75, 3.05) is 18.1 Å². The number of nitriles is 1. The van der Waals surface area contributed by atoms with E-state index in [0.29, 0.717) is 5.56 Å². The summed E-state index contributed by atoms with van der Waals surface area (Å²) in [4.78, 5) is 2.20. The van der Waals surface area contributed by atoms with E-state index in [-0.39, 0.29) is 6.61 Å². The molecule has 3 rings (SSSR count). The summed E-state index contributed by atoms with van der Waals surface area (Å²) in [6, 6.07) is 20.0. The van der Waals surface area contributed by atoms with E-state index in [1.54, 1.807) is 0 Å². The summed E-state index contributed by atoms with van der Waals surface area (Å²) in [6.45, 7) is 0.908. The van der Waals surface area contributed by atoms with Gasteiger partial charge < -0.3 is 10.0 Å². The van der Waals surface area contributed by atoms with E-state index in [4.69, 9.17) is 0 Å². The van der Waals surface area contributed by atoms with E-state index in [9.17, 15) is 10.4 Å². The molecule has 0 aliphatic carbocycles. The summed E-state index contributed by atoms with van der Waals surface area (Å²) in [5, 5.41) is 19.5. The molecule has 21 heavy (non-hydrogen) atoms. The molecular formula is C18H18N2O. The van der Waals surface area contributed by atoms with Crippen molar-refractivity contribution in [1.29, 1.82) is 5.26 Å². The Hall–Kier alpha value is -2.31. The number of para-hydroxylation sites is 1. The van der Waals surface area contributed by atoms with Crippen LogP contribution in [0.3, 0.4) is 0 Å². The highest BCUT2D eigenvalue weighted by Crippen LogP contribution is 2.42. The third kappa shape index (κ3) is 2.18. The molecule has 0 saturated carbocycles. The van der Waals surface area contributed by atoms with Crippen molar-refractivity contribution in [3.63, 3.8) is 0 Å². The smallest absolute Gasteiger partial charge is 0.101 e. The molecule has 0 amide bonds. The average molecular weight is 278 g/mol. The Bertz CT molecular complexity index is 662. The van der Waals surface area contributed by atoms with Crippen molar-refractivity contribution in [2.24, 2.45) is 0 Å². The van der Waals surface area contributed by atoms with Gasteiger partial charge in [0.05, 0.1) is 23.4 Å². The van der Waals surface area contributed by atoms with Gasteiger partial charge in [-0.1, -0.05) is 42.5 Å². The van der Waals surface area contributed by atoms with Gasteiger partial charge in [0.2, 0.25) is 0 Å². The standard InChI is InChI=1S/C18H18N2O/c19-13-15-7-4-5-10-17(15)20-12-6-11-18(20,14-21)16-8-2-1-3-9-16/h1-5,7-10,21H,6,11-12,14H2/t18-/m0/s1. The second-order valence-electron chi connectivity index (χ2n) is 5.44. The summed E-state index contributed by atoms with van der Waals surface area (Å²) < 4.78 is 0. The Kier molecular flexibility index (Phi) is 3.64. The molecule has 2 aromatic carbocycles. The van der Waals surface area contributed by atoms with E-state index < -0.39 is 5.54 Å². The Morgan fingerprint density at radius 3 is 2.52 bits per heavy atom. The molecule has 1 fully saturated rings. The number of hydrogen-bond donors (Lipinski definition) is 1. The van der Waals surface area contributed by atoms with Crippen LogP contribution in [-0.2, 0) is 5.54 Å².